The van der Waals surface area contributed by atoms with Gasteiger partial charge in [-0.25, -0.2) is 4.98 Å². The van der Waals surface area contributed by atoms with E-state index in [1.807, 2.05) is 11.9 Å². The van der Waals surface area contributed by atoms with Crippen LogP contribution in [0.15, 0.2) is 48.9 Å². The van der Waals surface area contributed by atoms with Crippen LogP contribution in [0.5, 0.6) is 0 Å². The predicted molar refractivity (Wildman–Crippen MR) is 145 cm³/mol. The third-order valence-electron chi connectivity index (χ3n) is 6.22. The number of nitrogens with zero attached hydrogens (tertiary/aromatic N) is 4. The van der Waals surface area contributed by atoms with Crippen molar-refractivity contribution in [1.29, 1.82) is 5.41 Å². The molecule has 1 amide bonds. The molecule has 0 spiro atoms. The number of amides is 1. The molecule has 0 saturated carbocycles. The molecule has 1 saturated heterocycles. The topological polar surface area (TPSA) is 110 Å². The Morgan fingerprint density at radius 2 is 1.84 bits per heavy atom. The zero-order chi connectivity index (χ0) is 31.2. The number of anilines is 1. The second kappa shape index (κ2) is 13.1. The summed E-state index contributed by atoms with van der Waals surface area (Å²) in [5, 5.41) is 9.61. The molecule has 0 aliphatic carbocycles. The van der Waals surface area contributed by atoms with Crippen molar-refractivity contribution in [2.24, 2.45) is 0 Å². The minimum absolute atomic E-state index is 0.0253. The second-order valence-corrected chi connectivity index (χ2v) is 9.54. The SMILES string of the molecule is CN1CCN(Cc2ccc(NC(=O)c3cncc(C#Cc4cnc(/C=C\C(=N)OC(F)(F)F)[nH]4)c3)cc2C(F)(F)F)CC1. The molecule has 1 aliphatic rings. The summed E-state index contributed by atoms with van der Waals surface area (Å²) in [6, 6.07) is 5.11. The molecule has 3 aromatic rings. The van der Waals surface area contributed by atoms with E-state index in [2.05, 4.69) is 41.7 Å². The third-order valence-corrected chi connectivity index (χ3v) is 6.22. The molecule has 226 valence electrons. The number of rotatable bonds is 6. The van der Waals surface area contributed by atoms with Gasteiger partial charge in [-0.15, -0.1) is 13.2 Å². The minimum atomic E-state index is -4.98. The number of benzene rings is 1. The van der Waals surface area contributed by atoms with Crippen molar-refractivity contribution in [2.45, 2.75) is 19.1 Å². The van der Waals surface area contributed by atoms with Crippen molar-refractivity contribution >= 4 is 23.6 Å². The molecule has 2 aromatic heterocycles. The maximum atomic E-state index is 13.9. The van der Waals surface area contributed by atoms with Gasteiger partial charge in [0.1, 0.15) is 11.5 Å². The van der Waals surface area contributed by atoms with Gasteiger partial charge in [-0.3, -0.25) is 20.1 Å². The van der Waals surface area contributed by atoms with E-state index < -0.39 is 29.9 Å². The zero-order valence-corrected chi connectivity index (χ0v) is 22.6. The molecule has 0 bridgehead atoms. The first-order chi connectivity index (χ1) is 20.2. The summed E-state index contributed by atoms with van der Waals surface area (Å²) in [7, 11) is 1.96. The van der Waals surface area contributed by atoms with Gasteiger partial charge in [-0.1, -0.05) is 12.0 Å². The standard InChI is InChI=1S/C28H25F6N7O2/c1-40-8-10-41(11-9-40)17-19-3-5-21(13-23(19)27(29,30)31)39-26(42)20-12-18(14-36-15-20)2-4-22-16-37-25(38-22)7-6-24(35)43-28(32,33)34/h3,5-7,12-16,35H,8-11,17H2,1H3,(H,37,38)(H,39,42)/b7-6-,35-24?. The number of likely N-dealkylation sites (N-methyl/N-ethyl adjacent to an activating group) is 1. The Hall–Kier alpha value is -4.68. The van der Waals surface area contributed by atoms with E-state index >= 15 is 0 Å². The van der Waals surface area contributed by atoms with E-state index in [-0.39, 0.29) is 34.9 Å². The number of aromatic nitrogens is 3. The highest BCUT2D eigenvalue weighted by atomic mass is 19.4. The van der Waals surface area contributed by atoms with Gasteiger partial charge < -0.3 is 19.9 Å². The lowest BCUT2D eigenvalue weighted by Gasteiger charge is -2.33. The lowest BCUT2D eigenvalue weighted by atomic mass is 10.0. The smallest absolute Gasteiger partial charge is 0.389 e. The number of pyridine rings is 1. The summed E-state index contributed by atoms with van der Waals surface area (Å²) >= 11 is 0. The van der Waals surface area contributed by atoms with E-state index in [1.54, 1.807) is 0 Å². The highest BCUT2D eigenvalue weighted by molar-refractivity contribution is 6.04. The van der Waals surface area contributed by atoms with E-state index in [1.165, 1.54) is 36.8 Å². The second-order valence-electron chi connectivity index (χ2n) is 9.54. The van der Waals surface area contributed by atoms with Gasteiger partial charge in [0, 0.05) is 62.4 Å². The molecular formula is C28H25F6N7O2. The number of nitrogens with one attached hydrogen (secondary N) is 3. The van der Waals surface area contributed by atoms with Crippen molar-refractivity contribution < 1.29 is 35.9 Å². The molecule has 1 aliphatic heterocycles. The molecule has 9 nitrogen and oxygen atoms in total. The van der Waals surface area contributed by atoms with Gasteiger partial charge in [-0.05, 0) is 42.8 Å². The minimum Gasteiger partial charge on any atom is -0.389 e. The lowest BCUT2D eigenvalue weighted by Crippen LogP contribution is -2.44. The number of aromatic amines is 1. The maximum Gasteiger partial charge on any atom is 0.574 e. The molecule has 0 radical (unpaired) electrons. The maximum absolute atomic E-state index is 13.9. The van der Waals surface area contributed by atoms with Crippen LogP contribution in [0.25, 0.3) is 6.08 Å². The lowest BCUT2D eigenvalue weighted by molar-refractivity contribution is -0.283. The van der Waals surface area contributed by atoms with E-state index in [0.29, 0.717) is 18.7 Å². The fourth-order valence-corrected chi connectivity index (χ4v) is 4.08. The number of imidazole rings is 1. The van der Waals surface area contributed by atoms with Gasteiger partial charge in [0.15, 0.2) is 0 Å². The molecule has 1 fully saturated rings. The van der Waals surface area contributed by atoms with Crippen molar-refractivity contribution in [3.63, 3.8) is 0 Å². The van der Waals surface area contributed by atoms with Crippen molar-refractivity contribution in [3.05, 3.63) is 82.7 Å². The number of halogens is 6. The van der Waals surface area contributed by atoms with Gasteiger partial charge in [0.2, 0.25) is 5.90 Å². The fourth-order valence-electron chi connectivity index (χ4n) is 4.08. The van der Waals surface area contributed by atoms with Crippen LogP contribution in [0.1, 0.15) is 38.6 Å². The van der Waals surface area contributed by atoms with Crippen LogP contribution in [-0.2, 0) is 17.5 Å². The highest BCUT2D eigenvalue weighted by Crippen LogP contribution is 2.34. The zero-order valence-electron chi connectivity index (χ0n) is 22.6. The molecule has 3 N–H and O–H groups in total. The first kappa shape index (κ1) is 31.3. The molecule has 0 unspecified atom stereocenters. The number of carbonyl (C=O) groups is 1. The summed E-state index contributed by atoms with van der Waals surface area (Å²) in [6.45, 7) is 2.99. The molecule has 1 aromatic carbocycles. The normalized spacial score (nSPS) is 14.8. The molecule has 3 heterocycles. The fraction of sp³-hybridized carbons (Fsp3) is 0.286. The first-order valence-corrected chi connectivity index (χ1v) is 12.7. The van der Waals surface area contributed by atoms with Crippen LogP contribution in [0.4, 0.5) is 32.0 Å². The van der Waals surface area contributed by atoms with Crippen LogP contribution < -0.4 is 5.32 Å². The molecular weight excluding hydrogens is 580 g/mol. The van der Waals surface area contributed by atoms with Gasteiger partial charge >= 0.3 is 12.5 Å². The third kappa shape index (κ3) is 9.42. The first-order valence-electron chi connectivity index (χ1n) is 12.7. The van der Waals surface area contributed by atoms with E-state index in [0.717, 1.165) is 31.3 Å². The Bertz CT molecular complexity index is 1560. The Morgan fingerprint density at radius 1 is 1.09 bits per heavy atom. The summed E-state index contributed by atoms with van der Waals surface area (Å²) in [5.74, 6) is 3.76. The quantitative estimate of drug-likeness (QED) is 0.162. The number of ether oxygens (including phenoxy) is 1. The largest absolute Gasteiger partial charge is 0.574 e. The number of H-pyrrole nitrogens is 1. The average molecular weight is 606 g/mol. The van der Waals surface area contributed by atoms with Gasteiger partial charge in [-0.2, -0.15) is 13.2 Å². The summed E-state index contributed by atoms with van der Waals surface area (Å²) in [4.78, 5) is 27.5. The van der Waals surface area contributed by atoms with Crippen LogP contribution in [0, 0.1) is 17.3 Å². The Morgan fingerprint density at radius 3 is 2.53 bits per heavy atom. The summed E-state index contributed by atoms with van der Waals surface area (Å²) in [6.07, 6.45) is -3.84. The van der Waals surface area contributed by atoms with E-state index in [4.69, 9.17) is 5.41 Å². The van der Waals surface area contributed by atoms with Crippen LogP contribution in [0.2, 0.25) is 0 Å². The summed E-state index contributed by atoms with van der Waals surface area (Å²) in [5.41, 5.74) is -0.0897. The van der Waals surface area contributed by atoms with Gasteiger partial charge in [0.05, 0.1) is 17.3 Å². The summed E-state index contributed by atoms with van der Waals surface area (Å²) < 4.78 is 81.5. The Labute approximate surface area is 242 Å². The van der Waals surface area contributed by atoms with Gasteiger partial charge in [0.25, 0.3) is 5.91 Å². The van der Waals surface area contributed by atoms with E-state index in [9.17, 15) is 31.1 Å². The number of hydrogen-bond donors (Lipinski definition) is 3. The number of piperazine rings is 1. The number of hydrogen-bond acceptors (Lipinski definition) is 7. The molecule has 4 rings (SSSR count). The average Bonchev–Trinajstić information content (AvgIpc) is 3.39. The number of alkyl halides is 6. The predicted octanol–water partition coefficient (Wildman–Crippen LogP) is 4.75. The van der Waals surface area contributed by atoms with Crippen molar-refractivity contribution in [1.82, 2.24) is 24.8 Å². The van der Waals surface area contributed by atoms with Crippen LogP contribution in [0.3, 0.4) is 0 Å². The van der Waals surface area contributed by atoms with Crippen LogP contribution >= 0.6 is 0 Å². The highest BCUT2D eigenvalue weighted by Gasteiger charge is 2.34. The van der Waals surface area contributed by atoms with Crippen molar-refractivity contribution in [2.75, 3.05) is 38.5 Å². The monoisotopic (exact) mass is 605 g/mol. The van der Waals surface area contributed by atoms with Crippen LogP contribution in [-0.4, -0.2) is 76.1 Å². The Balaban J connectivity index is 1.42. The van der Waals surface area contributed by atoms with Crippen molar-refractivity contribution in [3.8, 4) is 11.8 Å². The molecule has 15 heteroatoms. The molecule has 43 heavy (non-hydrogen) atoms. The number of carbonyl (C=O) groups excluding carboxylic acids is 1. The molecule has 0 atom stereocenters. The Kier molecular flexibility index (Phi) is 9.52.